The van der Waals surface area contributed by atoms with Crippen molar-refractivity contribution in [3.05, 3.63) is 77.7 Å². The van der Waals surface area contributed by atoms with E-state index >= 15 is 0 Å². The number of hydrogen-bond donors (Lipinski definition) is 0. The molecule has 2 aromatic rings. The third-order valence-corrected chi connectivity index (χ3v) is 6.76. The minimum absolute atomic E-state index is 0. The quantitative estimate of drug-likeness (QED) is 0.277. The fourth-order valence-corrected chi connectivity index (χ4v) is 4.82. The van der Waals surface area contributed by atoms with Crippen LogP contribution in [-0.4, -0.2) is 50.1 Å². The second-order valence-corrected chi connectivity index (χ2v) is 9.90. The Morgan fingerprint density at radius 1 is 1.03 bits per heavy atom. The van der Waals surface area contributed by atoms with Crippen LogP contribution < -0.4 is 0 Å². The number of ether oxygens (including phenoxy) is 2. The van der Waals surface area contributed by atoms with Gasteiger partial charge >= 0.3 is 0 Å². The van der Waals surface area contributed by atoms with Crippen molar-refractivity contribution < 1.29 is 47.0 Å². The van der Waals surface area contributed by atoms with E-state index < -0.39 is 6.10 Å². The molecule has 0 aliphatic carbocycles. The van der Waals surface area contributed by atoms with E-state index in [1.807, 2.05) is 31.5 Å². The van der Waals surface area contributed by atoms with E-state index in [4.69, 9.17) is 9.47 Å². The standard InChI is InChI=1S/C30H42NO3.Y/c1-5-9-28(32)29(22-23(2)3)34-30(26-10-7-6-8-11-26)27-14-12-24(13-15-27)25-16-18-31(19-17-25)20-21-33-4;/h5-8,10-15,23,25,29-30H,9,16-22H2,1-4H3;/q-1;/t29-,30?;/m0./s1. The minimum Gasteiger partial charge on any atom is -0.383 e. The Morgan fingerprint density at radius 2 is 1.66 bits per heavy atom. The maximum Gasteiger partial charge on any atom is 0.132 e. The molecule has 1 heterocycles. The summed E-state index contributed by atoms with van der Waals surface area (Å²) in [5.41, 5.74) is 3.59. The number of Topliss-reactive ketones (excluding diaryl/α,β-unsaturated/α-hetero) is 1. The zero-order chi connectivity index (χ0) is 24.3. The molecule has 0 bridgehead atoms. The summed E-state index contributed by atoms with van der Waals surface area (Å²) in [5.74, 6) is 1.15. The van der Waals surface area contributed by atoms with Gasteiger partial charge in [-0.15, -0.1) is 6.42 Å². The Labute approximate surface area is 238 Å². The fraction of sp³-hybridized carbons (Fsp3) is 0.533. The molecule has 0 spiro atoms. The topological polar surface area (TPSA) is 38.8 Å². The Hall–Kier alpha value is -0.906. The molecule has 1 fully saturated rings. The number of piperidine rings is 1. The molecule has 3 rings (SSSR count). The van der Waals surface area contributed by atoms with Crippen LogP contribution in [0.2, 0.25) is 0 Å². The Balaban J connectivity index is 0.00000432. The second-order valence-electron chi connectivity index (χ2n) is 9.90. The summed E-state index contributed by atoms with van der Waals surface area (Å²) in [7, 11) is 1.77. The third-order valence-electron chi connectivity index (χ3n) is 6.76. The van der Waals surface area contributed by atoms with Crippen molar-refractivity contribution in [1.82, 2.24) is 4.90 Å². The first kappa shape index (κ1) is 30.3. The van der Waals surface area contributed by atoms with Gasteiger partial charge in [0.1, 0.15) is 18.0 Å². The zero-order valence-electron chi connectivity index (χ0n) is 22.0. The van der Waals surface area contributed by atoms with Gasteiger partial charge in [-0.05, 0) is 60.9 Å². The van der Waals surface area contributed by atoms with E-state index in [0.29, 0.717) is 18.3 Å². The molecule has 1 saturated heterocycles. The smallest absolute Gasteiger partial charge is 0.132 e. The summed E-state index contributed by atoms with van der Waals surface area (Å²) in [6.07, 6.45) is 4.80. The van der Waals surface area contributed by atoms with Gasteiger partial charge in [0.2, 0.25) is 0 Å². The molecule has 0 saturated carbocycles. The Kier molecular flexibility index (Phi) is 13.9. The summed E-state index contributed by atoms with van der Waals surface area (Å²) < 4.78 is 11.8. The van der Waals surface area contributed by atoms with Crippen molar-refractivity contribution in [2.24, 2.45) is 5.92 Å². The summed E-state index contributed by atoms with van der Waals surface area (Å²) in [5, 5.41) is 0. The van der Waals surface area contributed by atoms with Gasteiger partial charge in [-0.25, -0.2) is 0 Å². The van der Waals surface area contributed by atoms with E-state index in [1.165, 1.54) is 18.4 Å². The van der Waals surface area contributed by atoms with E-state index in [0.717, 1.165) is 43.8 Å². The molecule has 1 aliphatic heterocycles. The molecule has 2 aromatic carbocycles. The summed E-state index contributed by atoms with van der Waals surface area (Å²) in [6, 6.07) is 19.2. The molecular formula is C30H42NO3Y-. The number of nitrogens with zero attached hydrogens (tertiary/aromatic N) is 1. The number of carbonyl (C=O) groups is 1. The summed E-state index contributed by atoms with van der Waals surface area (Å²) >= 11 is 0. The van der Waals surface area contributed by atoms with Crippen molar-refractivity contribution in [3.63, 3.8) is 0 Å². The average Bonchev–Trinajstić information content (AvgIpc) is 2.86. The molecular weight excluding hydrogens is 511 g/mol. The van der Waals surface area contributed by atoms with Gasteiger partial charge in [-0.2, -0.15) is 6.92 Å². The second kappa shape index (κ2) is 16.0. The SMILES string of the molecule is C[CH-]CC(=O)[C@H](CC(C)C)OC(c1ccccc1)c1ccc(C2CCN(CCOC)CC2)cc1.[Y]. The third kappa shape index (κ3) is 9.48. The molecule has 1 aliphatic rings. The van der Waals surface area contributed by atoms with Crippen molar-refractivity contribution in [2.75, 3.05) is 33.4 Å². The maximum absolute atomic E-state index is 12.9. The fourth-order valence-electron chi connectivity index (χ4n) is 4.82. The Morgan fingerprint density at radius 3 is 2.23 bits per heavy atom. The van der Waals surface area contributed by atoms with Crippen LogP contribution in [0.15, 0.2) is 54.6 Å². The molecule has 0 amide bonds. The zero-order valence-corrected chi connectivity index (χ0v) is 24.8. The normalized spacial score (nSPS) is 16.6. The van der Waals surface area contributed by atoms with Crippen LogP contribution >= 0.6 is 0 Å². The van der Waals surface area contributed by atoms with E-state index in [2.05, 4.69) is 55.1 Å². The van der Waals surface area contributed by atoms with Crippen LogP contribution in [0.5, 0.6) is 0 Å². The molecule has 189 valence electrons. The van der Waals surface area contributed by atoms with Crippen LogP contribution in [0.1, 0.15) is 75.2 Å². The van der Waals surface area contributed by atoms with Gasteiger partial charge in [0, 0.05) is 46.4 Å². The first-order chi connectivity index (χ1) is 16.5. The van der Waals surface area contributed by atoms with Gasteiger partial charge < -0.3 is 20.8 Å². The molecule has 1 radical (unpaired) electrons. The monoisotopic (exact) mass is 553 g/mol. The van der Waals surface area contributed by atoms with Crippen LogP contribution in [0.25, 0.3) is 0 Å². The largest absolute Gasteiger partial charge is 0.383 e. The molecule has 1 unspecified atom stereocenters. The van der Waals surface area contributed by atoms with Crippen molar-refractivity contribution in [3.8, 4) is 0 Å². The molecule has 35 heavy (non-hydrogen) atoms. The predicted molar refractivity (Wildman–Crippen MR) is 139 cm³/mol. The van der Waals surface area contributed by atoms with Crippen LogP contribution in [0.3, 0.4) is 0 Å². The number of ketones is 1. The molecule has 0 N–H and O–H groups in total. The van der Waals surface area contributed by atoms with Gasteiger partial charge in [-0.3, -0.25) is 4.79 Å². The predicted octanol–water partition coefficient (Wildman–Crippen LogP) is 6.21. The number of likely N-dealkylation sites (tertiary alicyclic amines) is 1. The average molecular weight is 554 g/mol. The molecule has 5 heteroatoms. The number of carbonyl (C=O) groups excluding carboxylic acids is 1. The van der Waals surface area contributed by atoms with Crippen molar-refractivity contribution >= 4 is 5.78 Å². The van der Waals surface area contributed by atoms with Crippen LogP contribution in [0.4, 0.5) is 0 Å². The van der Waals surface area contributed by atoms with E-state index in [9.17, 15) is 4.79 Å². The van der Waals surface area contributed by atoms with Gasteiger partial charge in [-0.1, -0.05) is 68.4 Å². The van der Waals surface area contributed by atoms with Crippen molar-refractivity contribution in [2.45, 2.75) is 64.6 Å². The number of hydrogen-bond acceptors (Lipinski definition) is 4. The number of methoxy groups -OCH3 is 1. The van der Waals surface area contributed by atoms with Gasteiger partial charge in [0.15, 0.2) is 0 Å². The molecule has 0 aromatic heterocycles. The minimum atomic E-state index is -0.405. The first-order valence-corrected chi connectivity index (χ1v) is 12.8. The van der Waals surface area contributed by atoms with Crippen LogP contribution in [-0.2, 0) is 47.0 Å². The number of rotatable bonds is 13. The van der Waals surface area contributed by atoms with E-state index in [-0.39, 0.29) is 44.6 Å². The summed E-state index contributed by atoms with van der Waals surface area (Å²) in [6.45, 7) is 10.3. The van der Waals surface area contributed by atoms with E-state index in [1.54, 1.807) is 7.11 Å². The van der Waals surface area contributed by atoms with Gasteiger partial charge in [0.05, 0.1) is 6.61 Å². The number of benzene rings is 2. The van der Waals surface area contributed by atoms with Crippen molar-refractivity contribution in [1.29, 1.82) is 0 Å². The first-order valence-electron chi connectivity index (χ1n) is 12.8. The maximum atomic E-state index is 12.9. The Bertz CT molecular complexity index is 848. The van der Waals surface area contributed by atoms with Crippen LogP contribution in [0, 0.1) is 12.3 Å². The molecule has 2 atom stereocenters. The molecule has 4 nitrogen and oxygen atoms in total. The van der Waals surface area contributed by atoms with Gasteiger partial charge in [0.25, 0.3) is 0 Å². The summed E-state index contributed by atoms with van der Waals surface area (Å²) in [4.78, 5) is 15.4.